The molecular formula is C10H14N2O3. The summed E-state index contributed by atoms with van der Waals surface area (Å²) in [7, 11) is 1.57. The van der Waals surface area contributed by atoms with Gasteiger partial charge < -0.3 is 20.9 Å². The number of nitrogen functional groups attached to an aromatic ring is 1. The van der Waals surface area contributed by atoms with Crippen molar-refractivity contribution in [2.45, 2.75) is 0 Å². The van der Waals surface area contributed by atoms with Crippen LogP contribution in [0.15, 0.2) is 18.2 Å². The molecule has 0 saturated carbocycles. The first-order chi connectivity index (χ1) is 7.15. The van der Waals surface area contributed by atoms with E-state index in [0.717, 1.165) is 0 Å². The zero-order chi connectivity index (χ0) is 11.3. The van der Waals surface area contributed by atoms with Gasteiger partial charge in [-0.2, -0.15) is 0 Å². The summed E-state index contributed by atoms with van der Waals surface area (Å²) < 4.78 is 10.1. The lowest BCUT2D eigenvalue weighted by Gasteiger charge is -2.09. The molecule has 0 radical (unpaired) electrons. The van der Waals surface area contributed by atoms with E-state index in [9.17, 15) is 4.79 Å². The van der Waals surface area contributed by atoms with E-state index in [2.05, 4.69) is 0 Å². The van der Waals surface area contributed by atoms with E-state index < -0.39 is 5.91 Å². The Kier molecular flexibility index (Phi) is 3.93. The quantitative estimate of drug-likeness (QED) is 0.543. The molecule has 4 N–H and O–H groups in total. The molecule has 5 nitrogen and oxygen atoms in total. The number of ether oxygens (including phenoxy) is 2. The molecule has 0 aliphatic carbocycles. The van der Waals surface area contributed by atoms with Crippen LogP contribution in [0.4, 0.5) is 5.69 Å². The summed E-state index contributed by atoms with van der Waals surface area (Å²) in [5, 5.41) is 0. The molecule has 0 atom stereocenters. The van der Waals surface area contributed by atoms with E-state index in [-0.39, 0.29) is 5.56 Å². The molecule has 0 spiro atoms. The van der Waals surface area contributed by atoms with Crippen molar-refractivity contribution >= 4 is 11.6 Å². The normalized spacial score (nSPS) is 9.93. The van der Waals surface area contributed by atoms with Crippen molar-refractivity contribution in [1.82, 2.24) is 0 Å². The number of amides is 1. The van der Waals surface area contributed by atoms with Gasteiger partial charge >= 0.3 is 0 Å². The lowest BCUT2D eigenvalue weighted by Crippen LogP contribution is -2.14. The fourth-order valence-corrected chi connectivity index (χ4v) is 1.10. The van der Waals surface area contributed by atoms with Crippen molar-refractivity contribution in [3.63, 3.8) is 0 Å². The van der Waals surface area contributed by atoms with Gasteiger partial charge in [0.25, 0.3) is 5.91 Å². The molecule has 0 saturated heterocycles. The molecule has 0 aromatic heterocycles. The fraction of sp³-hybridized carbons (Fsp3) is 0.300. The molecule has 0 aliphatic heterocycles. The molecule has 5 heteroatoms. The summed E-state index contributed by atoms with van der Waals surface area (Å²) in [4.78, 5) is 11.1. The van der Waals surface area contributed by atoms with Crippen LogP contribution in [-0.2, 0) is 4.74 Å². The van der Waals surface area contributed by atoms with E-state index in [0.29, 0.717) is 24.7 Å². The molecule has 1 rings (SSSR count). The molecule has 0 bridgehead atoms. The third-order valence-electron chi connectivity index (χ3n) is 1.81. The molecule has 1 aromatic rings. The van der Waals surface area contributed by atoms with Gasteiger partial charge in [0.15, 0.2) is 0 Å². The van der Waals surface area contributed by atoms with Gasteiger partial charge in [-0.05, 0) is 18.2 Å². The summed E-state index contributed by atoms with van der Waals surface area (Å²) in [5.41, 5.74) is 11.5. The first-order valence-corrected chi connectivity index (χ1v) is 4.46. The summed E-state index contributed by atoms with van der Waals surface area (Å²) in [6, 6.07) is 4.75. The number of methoxy groups -OCH3 is 1. The molecule has 0 unspecified atom stereocenters. The molecule has 82 valence electrons. The van der Waals surface area contributed by atoms with Crippen molar-refractivity contribution in [3.8, 4) is 5.75 Å². The standard InChI is InChI=1S/C10H14N2O3/c1-14-4-5-15-9-3-2-7(11)6-8(9)10(12)13/h2-3,6H,4-5,11H2,1H3,(H2,12,13). The topological polar surface area (TPSA) is 87.6 Å². The number of primary amides is 1. The van der Waals surface area contributed by atoms with Crippen molar-refractivity contribution in [2.75, 3.05) is 26.1 Å². The lowest BCUT2D eigenvalue weighted by molar-refractivity contribution is 0.0992. The number of carbonyl (C=O) groups is 1. The molecular weight excluding hydrogens is 196 g/mol. The molecule has 1 amide bonds. The highest BCUT2D eigenvalue weighted by molar-refractivity contribution is 5.96. The Morgan fingerprint density at radius 1 is 1.40 bits per heavy atom. The van der Waals surface area contributed by atoms with Gasteiger partial charge in [-0.15, -0.1) is 0 Å². The third-order valence-corrected chi connectivity index (χ3v) is 1.81. The SMILES string of the molecule is COCCOc1ccc(N)cc1C(N)=O. The van der Waals surface area contributed by atoms with Crippen molar-refractivity contribution in [1.29, 1.82) is 0 Å². The lowest BCUT2D eigenvalue weighted by atomic mass is 10.1. The number of carbonyl (C=O) groups excluding carboxylic acids is 1. The number of benzene rings is 1. The number of anilines is 1. The van der Waals surface area contributed by atoms with Gasteiger partial charge in [0.2, 0.25) is 0 Å². The number of hydrogen-bond acceptors (Lipinski definition) is 4. The van der Waals surface area contributed by atoms with Crippen LogP contribution in [-0.4, -0.2) is 26.2 Å². The summed E-state index contributed by atoms with van der Waals surface area (Å²) in [5.74, 6) is -0.136. The zero-order valence-corrected chi connectivity index (χ0v) is 8.53. The van der Waals surface area contributed by atoms with Crippen LogP contribution in [0.1, 0.15) is 10.4 Å². The number of hydrogen-bond donors (Lipinski definition) is 2. The summed E-state index contributed by atoms with van der Waals surface area (Å²) >= 11 is 0. The first kappa shape index (κ1) is 11.3. The fourth-order valence-electron chi connectivity index (χ4n) is 1.10. The second-order valence-electron chi connectivity index (χ2n) is 2.96. The maximum Gasteiger partial charge on any atom is 0.252 e. The smallest absolute Gasteiger partial charge is 0.252 e. The highest BCUT2D eigenvalue weighted by Gasteiger charge is 2.09. The van der Waals surface area contributed by atoms with Crippen LogP contribution < -0.4 is 16.2 Å². The Balaban J connectivity index is 2.81. The van der Waals surface area contributed by atoms with Crippen LogP contribution >= 0.6 is 0 Å². The third kappa shape index (κ3) is 3.14. The maximum absolute atomic E-state index is 11.1. The Bertz CT molecular complexity index is 353. The monoisotopic (exact) mass is 210 g/mol. The molecule has 1 aromatic carbocycles. The predicted molar refractivity (Wildman–Crippen MR) is 56.7 cm³/mol. The van der Waals surface area contributed by atoms with Gasteiger partial charge in [0.05, 0.1) is 12.2 Å². The van der Waals surface area contributed by atoms with E-state index >= 15 is 0 Å². The van der Waals surface area contributed by atoms with Crippen molar-refractivity contribution < 1.29 is 14.3 Å². The zero-order valence-electron chi connectivity index (χ0n) is 8.53. The Hall–Kier alpha value is -1.75. The summed E-state index contributed by atoms with van der Waals surface area (Å²) in [6.45, 7) is 0.809. The Morgan fingerprint density at radius 2 is 2.13 bits per heavy atom. The predicted octanol–water partition coefficient (Wildman–Crippen LogP) is 0.393. The number of rotatable bonds is 5. The largest absolute Gasteiger partial charge is 0.490 e. The Morgan fingerprint density at radius 3 is 2.73 bits per heavy atom. The summed E-state index contributed by atoms with van der Waals surface area (Å²) in [6.07, 6.45) is 0. The number of nitrogens with two attached hydrogens (primary N) is 2. The molecule has 15 heavy (non-hydrogen) atoms. The molecule has 0 heterocycles. The first-order valence-electron chi connectivity index (χ1n) is 4.46. The van der Waals surface area contributed by atoms with Crippen molar-refractivity contribution in [3.05, 3.63) is 23.8 Å². The Labute approximate surface area is 88.0 Å². The highest BCUT2D eigenvalue weighted by atomic mass is 16.5. The van der Waals surface area contributed by atoms with E-state index in [1.54, 1.807) is 19.2 Å². The average molecular weight is 210 g/mol. The van der Waals surface area contributed by atoms with Gasteiger partial charge in [-0.1, -0.05) is 0 Å². The van der Waals surface area contributed by atoms with Gasteiger partial charge in [0, 0.05) is 12.8 Å². The van der Waals surface area contributed by atoms with Gasteiger partial charge in [-0.25, -0.2) is 0 Å². The van der Waals surface area contributed by atoms with Crippen LogP contribution in [0.5, 0.6) is 5.75 Å². The second kappa shape index (κ2) is 5.21. The maximum atomic E-state index is 11.1. The minimum absolute atomic E-state index is 0.283. The van der Waals surface area contributed by atoms with E-state index in [1.165, 1.54) is 6.07 Å². The average Bonchev–Trinajstić information content (AvgIpc) is 2.20. The van der Waals surface area contributed by atoms with Crippen LogP contribution in [0.3, 0.4) is 0 Å². The second-order valence-corrected chi connectivity index (χ2v) is 2.96. The highest BCUT2D eigenvalue weighted by Crippen LogP contribution is 2.20. The minimum Gasteiger partial charge on any atom is -0.490 e. The van der Waals surface area contributed by atoms with E-state index in [1.807, 2.05) is 0 Å². The van der Waals surface area contributed by atoms with E-state index in [4.69, 9.17) is 20.9 Å². The molecule has 0 fully saturated rings. The van der Waals surface area contributed by atoms with Crippen LogP contribution in [0, 0.1) is 0 Å². The van der Waals surface area contributed by atoms with Crippen molar-refractivity contribution in [2.24, 2.45) is 5.73 Å². The van der Waals surface area contributed by atoms with Gasteiger partial charge in [0.1, 0.15) is 12.4 Å². The van der Waals surface area contributed by atoms with Crippen LogP contribution in [0.2, 0.25) is 0 Å². The van der Waals surface area contributed by atoms with Crippen LogP contribution in [0.25, 0.3) is 0 Å². The molecule has 0 aliphatic rings. The minimum atomic E-state index is -0.560. The van der Waals surface area contributed by atoms with Gasteiger partial charge in [-0.3, -0.25) is 4.79 Å².